The van der Waals surface area contributed by atoms with E-state index in [-0.39, 0.29) is 0 Å². The van der Waals surface area contributed by atoms with Crippen molar-refractivity contribution < 1.29 is 0 Å². The fraction of sp³-hybridized carbons (Fsp3) is 0.385. The summed E-state index contributed by atoms with van der Waals surface area (Å²) in [5, 5.41) is 8.46. The molecule has 2 heterocycles. The Balaban J connectivity index is 1.68. The van der Waals surface area contributed by atoms with Gasteiger partial charge in [0.1, 0.15) is 12.7 Å². The van der Waals surface area contributed by atoms with Gasteiger partial charge in [0.2, 0.25) is 0 Å². The second kappa shape index (κ2) is 5.02. The van der Waals surface area contributed by atoms with Crippen LogP contribution in [0, 0.1) is 0 Å². The maximum atomic E-state index is 4.11. The molecule has 1 saturated heterocycles. The highest BCUT2D eigenvalue weighted by molar-refractivity contribution is 8.00. The minimum atomic E-state index is 0.599. The first-order valence-electron chi connectivity index (χ1n) is 6.14. The Morgan fingerprint density at radius 2 is 2.17 bits per heavy atom. The summed E-state index contributed by atoms with van der Waals surface area (Å²) in [5.41, 5.74) is 2.21. The lowest BCUT2D eigenvalue weighted by Gasteiger charge is -2.13. The third-order valence-electron chi connectivity index (χ3n) is 3.12. The predicted molar refractivity (Wildman–Crippen MR) is 75.3 cm³/mol. The van der Waals surface area contributed by atoms with Crippen LogP contribution in [-0.2, 0) is 0 Å². The normalized spacial score (nSPS) is 23.2. The fourth-order valence-electron chi connectivity index (χ4n) is 2.21. The minimum Gasteiger partial charge on any atom is -0.381 e. The Hall–Kier alpha value is -1.49. The number of hydrogen-bond acceptors (Lipinski definition) is 4. The van der Waals surface area contributed by atoms with Crippen molar-refractivity contribution in [2.75, 3.05) is 11.1 Å². The smallest absolute Gasteiger partial charge is 0.138 e. The highest BCUT2D eigenvalue weighted by Crippen LogP contribution is 2.28. The fourth-order valence-corrected chi connectivity index (χ4v) is 3.35. The Morgan fingerprint density at radius 3 is 2.78 bits per heavy atom. The number of nitrogens with one attached hydrogen (secondary N) is 1. The highest BCUT2D eigenvalue weighted by atomic mass is 32.2. The molecule has 0 spiro atoms. The molecule has 0 amide bonds. The number of thioether (sulfide) groups is 1. The van der Waals surface area contributed by atoms with Crippen molar-refractivity contribution in [1.29, 1.82) is 0 Å². The zero-order valence-corrected chi connectivity index (χ0v) is 11.1. The number of anilines is 1. The Morgan fingerprint density at radius 1 is 1.33 bits per heavy atom. The van der Waals surface area contributed by atoms with E-state index < -0.39 is 0 Å². The maximum Gasteiger partial charge on any atom is 0.138 e. The second-order valence-corrected chi connectivity index (χ2v) is 6.08. The molecule has 0 saturated carbocycles. The van der Waals surface area contributed by atoms with Gasteiger partial charge in [0.15, 0.2) is 0 Å². The van der Waals surface area contributed by atoms with Crippen LogP contribution in [0.25, 0.3) is 5.69 Å². The van der Waals surface area contributed by atoms with Gasteiger partial charge in [-0.15, -0.1) is 0 Å². The molecule has 18 heavy (non-hydrogen) atoms. The molecular formula is C13H16N4S. The molecule has 0 bridgehead atoms. The van der Waals surface area contributed by atoms with Crippen LogP contribution in [0.4, 0.5) is 5.69 Å². The minimum absolute atomic E-state index is 0.599. The van der Waals surface area contributed by atoms with Crippen LogP contribution < -0.4 is 5.32 Å². The van der Waals surface area contributed by atoms with Crippen LogP contribution in [0.15, 0.2) is 36.9 Å². The van der Waals surface area contributed by atoms with E-state index in [0.717, 1.165) is 10.9 Å². The molecule has 1 fully saturated rings. The average Bonchev–Trinajstić information content (AvgIpc) is 3.02. The molecule has 1 aliphatic rings. The van der Waals surface area contributed by atoms with Crippen molar-refractivity contribution in [3.8, 4) is 5.69 Å². The van der Waals surface area contributed by atoms with E-state index in [1.165, 1.54) is 17.9 Å². The van der Waals surface area contributed by atoms with Crippen LogP contribution in [0.5, 0.6) is 0 Å². The van der Waals surface area contributed by atoms with Crippen molar-refractivity contribution in [3.05, 3.63) is 36.9 Å². The van der Waals surface area contributed by atoms with Gasteiger partial charge in [0.25, 0.3) is 0 Å². The topological polar surface area (TPSA) is 42.7 Å². The average molecular weight is 260 g/mol. The van der Waals surface area contributed by atoms with Gasteiger partial charge in [0, 0.05) is 22.7 Å². The lowest BCUT2D eigenvalue weighted by molar-refractivity contribution is 0.747. The van der Waals surface area contributed by atoms with Gasteiger partial charge in [-0.05, 0) is 30.7 Å². The van der Waals surface area contributed by atoms with Gasteiger partial charge < -0.3 is 5.32 Å². The summed E-state index contributed by atoms with van der Waals surface area (Å²) in [6, 6.07) is 8.92. The standard InChI is InChI=1S/C13H16N4S/c1-10-6-12(7-18-10)16-11-2-4-13(5-3-11)17-9-14-8-15-17/h2-5,8-10,12,16H,6-7H2,1H3. The SMILES string of the molecule is CC1CC(Nc2ccc(-n3cncn3)cc2)CS1. The van der Waals surface area contributed by atoms with Crippen molar-refractivity contribution in [1.82, 2.24) is 14.8 Å². The zero-order chi connectivity index (χ0) is 12.4. The van der Waals surface area contributed by atoms with E-state index in [1.807, 2.05) is 11.8 Å². The highest BCUT2D eigenvalue weighted by Gasteiger charge is 2.21. The van der Waals surface area contributed by atoms with Gasteiger partial charge in [-0.25, -0.2) is 9.67 Å². The molecule has 0 aliphatic carbocycles. The lowest BCUT2D eigenvalue weighted by Crippen LogP contribution is -2.18. The predicted octanol–water partition coefficient (Wildman–Crippen LogP) is 2.57. The molecule has 94 valence electrons. The molecule has 5 heteroatoms. The Bertz CT molecular complexity index is 494. The van der Waals surface area contributed by atoms with Gasteiger partial charge in [-0.2, -0.15) is 16.9 Å². The summed E-state index contributed by atoms with van der Waals surface area (Å²) >= 11 is 2.04. The Kier molecular flexibility index (Phi) is 3.23. The molecule has 0 radical (unpaired) electrons. The summed E-state index contributed by atoms with van der Waals surface area (Å²) in [6.07, 6.45) is 4.50. The van der Waals surface area contributed by atoms with E-state index in [9.17, 15) is 0 Å². The molecule has 1 aromatic carbocycles. The number of nitrogens with zero attached hydrogens (tertiary/aromatic N) is 3. The van der Waals surface area contributed by atoms with E-state index in [0.29, 0.717) is 6.04 Å². The molecule has 1 N–H and O–H groups in total. The molecule has 2 unspecified atom stereocenters. The first kappa shape index (κ1) is 11.6. The van der Waals surface area contributed by atoms with Crippen LogP contribution in [0.3, 0.4) is 0 Å². The van der Waals surface area contributed by atoms with Gasteiger partial charge >= 0.3 is 0 Å². The van der Waals surface area contributed by atoms with Gasteiger partial charge in [0.05, 0.1) is 5.69 Å². The number of hydrogen-bond donors (Lipinski definition) is 1. The summed E-state index contributed by atoms with van der Waals surface area (Å²) < 4.78 is 1.76. The largest absolute Gasteiger partial charge is 0.381 e. The van der Waals surface area contributed by atoms with Crippen LogP contribution in [0.2, 0.25) is 0 Å². The van der Waals surface area contributed by atoms with Crippen LogP contribution in [0.1, 0.15) is 13.3 Å². The van der Waals surface area contributed by atoms with Crippen molar-refractivity contribution >= 4 is 17.4 Å². The Labute approximate surface area is 111 Å². The second-order valence-electron chi connectivity index (χ2n) is 4.61. The molecule has 3 rings (SSSR count). The quantitative estimate of drug-likeness (QED) is 0.921. The van der Waals surface area contributed by atoms with E-state index in [1.54, 1.807) is 17.3 Å². The number of rotatable bonds is 3. The molecule has 2 aromatic rings. The maximum absolute atomic E-state index is 4.11. The summed E-state index contributed by atoms with van der Waals surface area (Å²) in [7, 11) is 0. The van der Waals surface area contributed by atoms with Crippen LogP contribution >= 0.6 is 11.8 Å². The first-order valence-corrected chi connectivity index (χ1v) is 7.19. The lowest BCUT2D eigenvalue weighted by atomic mass is 10.2. The molecular weight excluding hydrogens is 244 g/mol. The monoisotopic (exact) mass is 260 g/mol. The van der Waals surface area contributed by atoms with E-state index in [2.05, 4.69) is 46.6 Å². The summed E-state index contributed by atoms with van der Waals surface area (Å²) in [6.45, 7) is 2.29. The summed E-state index contributed by atoms with van der Waals surface area (Å²) in [5.74, 6) is 1.20. The third-order valence-corrected chi connectivity index (χ3v) is 4.48. The summed E-state index contributed by atoms with van der Waals surface area (Å²) in [4.78, 5) is 3.95. The molecule has 1 aliphatic heterocycles. The van der Waals surface area contributed by atoms with Crippen molar-refractivity contribution in [2.45, 2.75) is 24.6 Å². The van der Waals surface area contributed by atoms with Crippen molar-refractivity contribution in [2.24, 2.45) is 0 Å². The third kappa shape index (κ3) is 2.51. The van der Waals surface area contributed by atoms with Crippen molar-refractivity contribution in [3.63, 3.8) is 0 Å². The van der Waals surface area contributed by atoms with Crippen LogP contribution in [-0.4, -0.2) is 31.8 Å². The number of benzene rings is 1. The van der Waals surface area contributed by atoms with Gasteiger partial charge in [-0.3, -0.25) is 0 Å². The molecule has 2 atom stereocenters. The van der Waals surface area contributed by atoms with Gasteiger partial charge in [-0.1, -0.05) is 6.92 Å². The van der Waals surface area contributed by atoms with E-state index in [4.69, 9.17) is 0 Å². The van der Waals surface area contributed by atoms with E-state index >= 15 is 0 Å². The number of aromatic nitrogens is 3. The molecule has 4 nitrogen and oxygen atoms in total. The molecule has 1 aromatic heterocycles. The zero-order valence-electron chi connectivity index (χ0n) is 10.3. The first-order chi connectivity index (χ1) is 8.81.